The quantitative estimate of drug-likeness (QED) is 0.471. The first kappa shape index (κ1) is 25.7. The summed E-state index contributed by atoms with van der Waals surface area (Å²) in [6.45, 7) is 7.87. The maximum atomic E-state index is 12.1. The van der Waals surface area contributed by atoms with E-state index >= 15 is 0 Å². The van der Waals surface area contributed by atoms with Crippen LogP contribution in [0.5, 0.6) is 5.75 Å². The summed E-state index contributed by atoms with van der Waals surface area (Å²) in [6.07, 6.45) is 0.328. The fraction of sp³-hybridized carbons (Fsp3) is 0.400. The topological polar surface area (TPSA) is 106 Å². The molecule has 33 heavy (non-hydrogen) atoms. The van der Waals surface area contributed by atoms with E-state index in [1.807, 2.05) is 43.3 Å². The Morgan fingerprint density at radius 1 is 0.879 bits per heavy atom. The third-order valence-corrected chi connectivity index (χ3v) is 4.36. The van der Waals surface area contributed by atoms with Gasteiger partial charge in [0.15, 0.2) is 0 Å². The standard InChI is InChI=1S/C25H33N3O5/c1-18-7-13-21(14-8-18)32-15-5-6-22(29)28-20-11-9-19(10-12-20)16-26-23(30)17-27-24(31)33-25(2,3)4/h7-14H,5-6,15-17H2,1-4H3,(H,26,30)(H,27,31)(H,28,29). The second-order valence-electron chi connectivity index (χ2n) is 8.64. The number of alkyl carbamates (subject to hydrolysis) is 1. The molecule has 3 N–H and O–H groups in total. The second kappa shape index (κ2) is 12.5. The Labute approximate surface area is 195 Å². The summed E-state index contributed by atoms with van der Waals surface area (Å²) in [5.41, 5.74) is 2.10. The van der Waals surface area contributed by atoms with Crippen molar-refractivity contribution in [3.8, 4) is 5.75 Å². The Kier molecular flexibility index (Phi) is 9.72. The lowest BCUT2D eigenvalue weighted by Gasteiger charge is -2.19. The molecule has 8 nitrogen and oxygen atoms in total. The van der Waals surface area contributed by atoms with Crippen molar-refractivity contribution < 1.29 is 23.9 Å². The van der Waals surface area contributed by atoms with Gasteiger partial charge in [-0.25, -0.2) is 4.79 Å². The van der Waals surface area contributed by atoms with Gasteiger partial charge in [-0.3, -0.25) is 9.59 Å². The van der Waals surface area contributed by atoms with Gasteiger partial charge in [0.2, 0.25) is 11.8 Å². The zero-order chi connectivity index (χ0) is 24.3. The Hall–Kier alpha value is -3.55. The lowest BCUT2D eigenvalue weighted by atomic mass is 10.2. The van der Waals surface area contributed by atoms with Crippen LogP contribution in [0.15, 0.2) is 48.5 Å². The van der Waals surface area contributed by atoms with E-state index in [2.05, 4.69) is 16.0 Å². The number of carbonyl (C=O) groups excluding carboxylic acids is 3. The monoisotopic (exact) mass is 455 g/mol. The summed E-state index contributed by atoms with van der Waals surface area (Å²) in [6, 6.07) is 15.0. The van der Waals surface area contributed by atoms with Gasteiger partial charge in [-0.1, -0.05) is 29.8 Å². The number of nitrogens with one attached hydrogen (secondary N) is 3. The minimum absolute atomic E-state index is 0.0863. The predicted molar refractivity (Wildman–Crippen MR) is 127 cm³/mol. The molecule has 0 fully saturated rings. The Balaban J connectivity index is 1.63. The van der Waals surface area contributed by atoms with E-state index in [-0.39, 0.29) is 18.4 Å². The zero-order valence-corrected chi connectivity index (χ0v) is 19.7. The second-order valence-corrected chi connectivity index (χ2v) is 8.64. The molecule has 3 amide bonds. The van der Waals surface area contributed by atoms with Crippen molar-refractivity contribution in [2.75, 3.05) is 18.5 Å². The molecule has 0 aliphatic heterocycles. The van der Waals surface area contributed by atoms with Crippen LogP contribution in [-0.4, -0.2) is 36.7 Å². The van der Waals surface area contributed by atoms with Gasteiger partial charge in [0.1, 0.15) is 17.9 Å². The molecular formula is C25H33N3O5. The van der Waals surface area contributed by atoms with E-state index in [4.69, 9.17) is 9.47 Å². The molecule has 0 radical (unpaired) electrons. The molecule has 0 saturated heterocycles. The van der Waals surface area contributed by atoms with E-state index in [1.165, 1.54) is 5.56 Å². The molecular weight excluding hydrogens is 422 g/mol. The Bertz CT molecular complexity index is 919. The van der Waals surface area contributed by atoms with Gasteiger partial charge in [0, 0.05) is 18.7 Å². The van der Waals surface area contributed by atoms with E-state index in [9.17, 15) is 14.4 Å². The number of hydrogen-bond donors (Lipinski definition) is 3. The molecule has 0 aliphatic carbocycles. The molecule has 2 rings (SSSR count). The van der Waals surface area contributed by atoms with Crippen molar-refractivity contribution in [1.82, 2.24) is 10.6 Å². The Morgan fingerprint density at radius 3 is 2.18 bits per heavy atom. The van der Waals surface area contributed by atoms with Crippen LogP contribution in [0.4, 0.5) is 10.5 Å². The maximum Gasteiger partial charge on any atom is 0.408 e. The van der Waals surface area contributed by atoms with Crippen molar-refractivity contribution in [2.45, 2.75) is 52.7 Å². The predicted octanol–water partition coefficient (Wildman–Crippen LogP) is 3.93. The third-order valence-electron chi connectivity index (χ3n) is 4.36. The van der Waals surface area contributed by atoms with E-state index in [0.717, 1.165) is 11.3 Å². The molecule has 2 aromatic rings. The number of ether oxygens (including phenoxy) is 2. The lowest BCUT2D eigenvalue weighted by Crippen LogP contribution is -2.39. The highest BCUT2D eigenvalue weighted by atomic mass is 16.6. The lowest BCUT2D eigenvalue weighted by molar-refractivity contribution is -0.120. The molecule has 0 aromatic heterocycles. The highest BCUT2D eigenvalue weighted by Crippen LogP contribution is 2.13. The van der Waals surface area contributed by atoms with Crippen molar-refractivity contribution >= 4 is 23.6 Å². The molecule has 178 valence electrons. The van der Waals surface area contributed by atoms with Gasteiger partial charge in [0.05, 0.1) is 6.61 Å². The number of rotatable bonds is 10. The zero-order valence-electron chi connectivity index (χ0n) is 19.7. The molecule has 0 saturated carbocycles. The van der Waals surface area contributed by atoms with Gasteiger partial charge < -0.3 is 25.4 Å². The highest BCUT2D eigenvalue weighted by molar-refractivity contribution is 5.90. The number of hydrogen-bond acceptors (Lipinski definition) is 5. The van der Waals surface area contributed by atoms with Crippen LogP contribution in [0.25, 0.3) is 0 Å². The van der Waals surface area contributed by atoms with Crippen molar-refractivity contribution in [2.24, 2.45) is 0 Å². The van der Waals surface area contributed by atoms with Crippen LogP contribution >= 0.6 is 0 Å². The van der Waals surface area contributed by atoms with Crippen LogP contribution in [-0.2, 0) is 20.9 Å². The minimum atomic E-state index is -0.639. The van der Waals surface area contributed by atoms with E-state index in [0.29, 0.717) is 31.7 Å². The molecule has 0 heterocycles. The van der Waals surface area contributed by atoms with Gasteiger partial charge in [-0.2, -0.15) is 0 Å². The molecule has 0 atom stereocenters. The van der Waals surface area contributed by atoms with Gasteiger partial charge in [0.25, 0.3) is 0 Å². The summed E-state index contributed by atoms with van der Waals surface area (Å²) in [4.78, 5) is 35.6. The van der Waals surface area contributed by atoms with Crippen molar-refractivity contribution in [3.05, 3.63) is 59.7 Å². The summed E-state index contributed by atoms with van der Waals surface area (Å²) >= 11 is 0. The number of benzene rings is 2. The molecule has 0 unspecified atom stereocenters. The van der Waals surface area contributed by atoms with Gasteiger partial charge in [-0.15, -0.1) is 0 Å². The molecule has 0 bridgehead atoms. The average Bonchev–Trinajstić information content (AvgIpc) is 2.75. The van der Waals surface area contributed by atoms with Gasteiger partial charge >= 0.3 is 6.09 Å². The first-order valence-corrected chi connectivity index (χ1v) is 10.9. The van der Waals surface area contributed by atoms with Crippen LogP contribution in [0.1, 0.15) is 44.7 Å². The van der Waals surface area contributed by atoms with Crippen molar-refractivity contribution in [3.63, 3.8) is 0 Å². The normalized spacial score (nSPS) is 10.8. The maximum absolute atomic E-state index is 12.1. The Morgan fingerprint density at radius 2 is 1.55 bits per heavy atom. The minimum Gasteiger partial charge on any atom is -0.494 e. The van der Waals surface area contributed by atoms with E-state index < -0.39 is 11.7 Å². The summed E-state index contributed by atoms with van der Waals surface area (Å²) < 4.78 is 10.7. The summed E-state index contributed by atoms with van der Waals surface area (Å²) in [5.74, 6) is 0.382. The number of aryl methyl sites for hydroxylation is 1. The highest BCUT2D eigenvalue weighted by Gasteiger charge is 2.16. The SMILES string of the molecule is Cc1ccc(OCCCC(=O)Nc2ccc(CNC(=O)CNC(=O)OC(C)(C)C)cc2)cc1. The molecule has 8 heteroatoms. The summed E-state index contributed by atoms with van der Waals surface area (Å²) in [5, 5.41) is 7.97. The molecule has 0 spiro atoms. The number of amides is 3. The smallest absolute Gasteiger partial charge is 0.408 e. The molecule has 0 aliphatic rings. The largest absolute Gasteiger partial charge is 0.494 e. The fourth-order valence-electron chi connectivity index (χ4n) is 2.72. The van der Waals surface area contributed by atoms with Crippen LogP contribution in [0, 0.1) is 6.92 Å². The van der Waals surface area contributed by atoms with E-state index in [1.54, 1.807) is 32.9 Å². The average molecular weight is 456 g/mol. The fourth-order valence-corrected chi connectivity index (χ4v) is 2.72. The van der Waals surface area contributed by atoms with Gasteiger partial charge in [-0.05, 0) is 63.9 Å². The van der Waals surface area contributed by atoms with Crippen LogP contribution < -0.4 is 20.7 Å². The molecule has 2 aromatic carbocycles. The van der Waals surface area contributed by atoms with Crippen LogP contribution in [0.2, 0.25) is 0 Å². The first-order valence-electron chi connectivity index (χ1n) is 10.9. The van der Waals surface area contributed by atoms with Crippen molar-refractivity contribution in [1.29, 1.82) is 0 Å². The van der Waals surface area contributed by atoms with Crippen LogP contribution in [0.3, 0.4) is 0 Å². The number of anilines is 1. The first-order chi connectivity index (χ1) is 15.6. The summed E-state index contributed by atoms with van der Waals surface area (Å²) in [7, 11) is 0. The number of carbonyl (C=O) groups is 3. The third kappa shape index (κ3) is 11.0.